The van der Waals surface area contributed by atoms with Crippen LogP contribution < -0.4 is 14.2 Å². The lowest BCUT2D eigenvalue weighted by Crippen LogP contribution is -2.17. The van der Waals surface area contributed by atoms with Crippen LogP contribution in [0.1, 0.15) is 22.8 Å². The molecule has 34 heavy (non-hydrogen) atoms. The molecule has 0 unspecified atom stereocenters. The van der Waals surface area contributed by atoms with Crippen molar-refractivity contribution >= 4 is 29.0 Å². The number of methoxy groups -OCH3 is 1. The summed E-state index contributed by atoms with van der Waals surface area (Å²) in [6.07, 6.45) is -0.958. The van der Waals surface area contributed by atoms with E-state index in [9.17, 15) is 22.8 Å². The smallest absolute Gasteiger partial charge is 0.463 e. The lowest BCUT2D eigenvalue weighted by molar-refractivity contribution is -0.274. The van der Waals surface area contributed by atoms with Crippen LogP contribution in [-0.4, -0.2) is 38.8 Å². The maximum Gasteiger partial charge on any atom is 0.573 e. The molecule has 0 aliphatic rings. The minimum Gasteiger partial charge on any atom is -0.463 e. The summed E-state index contributed by atoms with van der Waals surface area (Å²) in [5.74, 6) is -2.09. The van der Waals surface area contributed by atoms with Gasteiger partial charge >= 0.3 is 18.3 Å². The minimum atomic E-state index is -4.87. The van der Waals surface area contributed by atoms with Gasteiger partial charge in [0.2, 0.25) is 5.75 Å². The monoisotopic (exact) mass is 480 g/mol. The number of ether oxygens (including phenoxy) is 5. The van der Waals surface area contributed by atoms with Gasteiger partial charge in [0.15, 0.2) is 18.1 Å². The standard InChI is InChI=1S/C23H19F3O8/c1-3-30-18(27)9-6-15-12-16-10-11-31-19(16)21(32-13-29-2)20(15)33-22(28)14-4-7-17(8-5-14)34-23(24,25)26/h4-12H,3,13H2,1-2H3/b9-6+. The number of hydrogen-bond donors (Lipinski definition) is 0. The minimum absolute atomic E-state index is 0.0261. The predicted molar refractivity (Wildman–Crippen MR) is 112 cm³/mol. The molecule has 1 heterocycles. The molecular formula is C23H19F3O8. The van der Waals surface area contributed by atoms with Crippen LogP contribution in [0.25, 0.3) is 17.0 Å². The highest BCUT2D eigenvalue weighted by atomic mass is 19.4. The summed E-state index contributed by atoms with van der Waals surface area (Å²) in [4.78, 5) is 24.6. The van der Waals surface area contributed by atoms with Crippen LogP contribution in [-0.2, 0) is 14.3 Å². The molecule has 0 N–H and O–H groups in total. The third kappa shape index (κ3) is 6.29. The number of rotatable bonds is 9. The molecule has 0 fully saturated rings. The second-order valence-electron chi connectivity index (χ2n) is 6.56. The van der Waals surface area contributed by atoms with E-state index in [1.165, 1.54) is 19.4 Å². The molecule has 8 nitrogen and oxygen atoms in total. The largest absolute Gasteiger partial charge is 0.573 e. The van der Waals surface area contributed by atoms with Crippen molar-refractivity contribution in [2.24, 2.45) is 0 Å². The second kappa shape index (κ2) is 10.8. The van der Waals surface area contributed by atoms with E-state index in [0.29, 0.717) is 5.39 Å². The van der Waals surface area contributed by atoms with E-state index in [-0.39, 0.29) is 41.6 Å². The number of alkyl halides is 3. The van der Waals surface area contributed by atoms with Crippen molar-refractivity contribution in [3.8, 4) is 17.2 Å². The van der Waals surface area contributed by atoms with Gasteiger partial charge in [-0.2, -0.15) is 0 Å². The van der Waals surface area contributed by atoms with Crippen LogP contribution in [0.4, 0.5) is 13.2 Å². The Kier molecular flexibility index (Phi) is 7.79. The number of esters is 2. The summed E-state index contributed by atoms with van der Waals surface area (Å²) in [5.41, 5.74) is 0.465. The highest BCUT2D eigenvalue weighted by Crippen LogP contribution is 2.41. The molecule has 3 aromatic rings. The fourth-order valence-corrected chi connectivity index (χ4v) is 2.86. The Morgan fingerprint density at radius 3 is 2.47 bits per heavy atom. The van der Waals surface area contributed by atoms with E-state index in [0.717, 1.165) is 30.3 Å². The Hall–Kier alpha value is -3.99. The average molecular weight is 480 g/mol. The molecule has 0 aliphatic heterocycles. The van der Waals surface area contributed by atoms with Crippen LogP contribution in [0, 0.1) is 0 Å². The van der Waals surface area contributed by atoms with Gasteiger partial charge in [-0.1, -0.05) is 0 Å². The molecule has 0 atom stereocenters. The highest BCUT2D eigenvalue weighted by molar-refractivity contribution is 5.97. The first kappa shape index (κ1) is 24.6. The molecule has 0 amide bonds. The second-order valence-corrected chi connectivity index (χ2v) is 6.56. The van der Waals surface area contributed by atoms with Crippen molar-refractivity contribution in [3.05, 3.63) is 59.9 Å². The zero-order valence-electron chi connectivity index (χ0n) is 18.0. The number of carbonyl (C=O) groups is 2. The highest BCUT2D eigenvalue weighted by Gasteiger charge is 2.31. The van der Waals surface area contributed by atoms with E-state index in [1.54, 1.807) is 19.1 Å². The number of carbonyl (C=O) groups excluding carboxylic acids is 2. The summed E-state index contributed by atoms with van der Waals surface area (Å²) < 4.78 is 67.3. The topological polar surface area (TPSA) is 93.4 Å². The first-order chi connectivity index (χ1) is 16.2. The molecule has 11 heteroatoms. The maximum atomic E-state index is 12.8. The van der Waals surface area contributed by atoms with Crippen molar-refractivity contribution in [3.63, 3.8) is 0 Å². The first-order valence-corrected chi connectivity index (χ1v) is 9.80. The Labute approximate surface area is 191 Å². The summed E-state index contributed by atoms with van der Waals surface area (Å²) in [5, 5.41) is 0.586. The van der Waals surface area contributed by atoms with E-state index in [1.807, 2.05) is 0 Å². The molecule has 0 saturated heterocycles. The third-order valence-electron chi connectivity index (χ3n) is 4.21. The fourth-order valence-electron chi connectivity index (χ4n) is 2.86. The van der Waals surface area contributed by atoms with Gasteiger partial charge < -0.3 is 28.1 Å². The Bertz CT molecular complexity index is 1180. The first-order valence-electron chi connectivity index (χ1n) is 9.80. The van der Waals surface area contributed by atoms with Crippen molar-refractivity contribution < 1.29 is 50.9 Å². The average Bonchev–Trinajstić information content (AvgIpc) is 3.25. The molecule has 0 radical (unpaired) electrons. The normalized spacial score (nSPS) is 11.6. The van der Waals surface area contributed by atoms with Crippen LogP contribution >= 0.6 is 0 Å². The number of fused-ring (bicyclic) bond motifs is 1. The molecular weight excluding hydrogens is 461 g/mol. The zero-order valence-corrected chi connectivity index (χ0v) is 18.0. The van der Waals surface area contributed by atoms with Gasteiger partial charge in [0, 0.05) is 24.1 Å². The molecule has 0 spiro atoms. The summed E-state index contributed by atoms with van der Waals surface area (Å²) >= 11 is 0. The molecule has 3 rings (SSSR count). The number of benzene rings is 2. The van der Waals surface area contributed by atoms with E-state index >= 15 is 0 Å². The molecule has 2 aromatic carbocycles. The molecule has 180 valence electrons. The maximum absolute atomic E-state index is 12.8. The fraction of sp³-hybridized carbons (Fsp3) is 0.217. The Morgan fingerprint density at radius 1 is 1.09 bits per heavy atom. The lowest BCUT2D eigenvalue weighted by atomic mass is 10.1. The van der Waals surface area contributed by atoms with Crippen molar-refractivity contribution in [2.75, 3.05) is 20.5 Å². The van der Waals surface area contributed by atoms with Crippen LogP contribution in [0.15, 0.2) is 53.2 Å². The molecule has 0 saturated carbocycles. The van der Waals surface area contributed by atoms with Gasteiger partial charge in [-0.25, -0.2) is 9.59 Å². The van der Waals surface area contributed by atoms with Gasteiger partial charge in [0.1, 0.15) is 5.75 Å². The number of halogens is 3. The van der Waals surface area contributed by atoms with Gasteiger partial charge in [0.05, 0.1) is 18.4 Å². The number of furan rings is 1. The molecule has 0 aliphatic carbocycles. The third-order valence-corrected chi connectivity index (χ3v) is 4.21. The van der Waals surface area contributed by atoms with Crippen LogP contribution in [0.2, 0.25) is 0 Å². The van der Waals surface area contributed by atoms with Gasteiger partial charge in [-0.3, -0.25) is 0 Å². The zero-order chi connectivity index (χ0) is 24.7. The van der Waals surface area contributed by atoms with Crippen molar-refractivity contribution in [2.45, 2.75) is 13.3 Å². The van der Waals surface area contributed by atoms with Crippen molar-refractivity contribution in [1.29, 1.82) is 0 Å². The van der Waals surface area contributed by atoms with Gasteiger partial charge in [0.25, 0.3) is 0 Å². The van der Waals surface area contributed by atoms with Gasteiger partial charge in [-0.15, -0.1) is 13.2 Å². The lowest BCUT2D eigenvalue weighted by Gasteiger charge is -2.15. The van der Waals surface area contributed by atoms with E-state index in [2.05, 4.69) is 4.74 Å². The quantitative estimate of drug-likeness (QED) is 0.181. The van der Waals surface area contributed by atoms with Crippen molar-refractivity contribution in [1.82, 2.24) is 0 Å². The molecule has 1 aromatic heterocycles. The molecule has 0 bridgehead atoms. The number of hydrogen-bond acceptors (Lipinski definition) is 8. The summed E-state index contributed by atoms with van der Waals surface area (Å²) in [6.45, 7) is 1.61. The predicted octanol–water partition coefficient (Wildman–Crippen LogP) is 5.11. The Morgan fingerprint density at radius 2 is 1.82 bits per heavy atom. The van der Waals surface area contributed by atoms with Crippen LogP contribution in [0.3, 0.4) is 0 Å². The van der Waals surface area contributed by atoms with Crippen LogP contribution in [0.5, 0.6) is 17.2 Å². The van der Waals surface area contributed by atoms with Gasteiger partial charge in [-0.05, 0) is 49.4 Å². The SMILES string of the molecule is CCOC(=O)/C=C/c1cc2ccoc2c(OCOC)c1OC(=O)c1ccc(OC(F)(F)F)cc1. The van der Waals surface area contributed by atoms with E-state index < -0.39 is 24.1 Å². The summed E-state index contributed by atoms with van der Waals surface area (Å²) in [6, 6.07) is 7.41. The van der Waals surface area contributed by atoms with E-state index in [4.69, 9.17) is 23.4 Å². The Balaban J connectivity index is 1.98. The summed E-state index contributed by atoms with van der Waals surface area (Å²) in [7, 11) is 1.39.